The molecule has 0 radical (unpaired) electrons. The van der Waals surface area contributed by atoms with Gasteiger partial charge >= 0.3 is 11.8 Å². The van der Waals surface area contributed by atoms with Gasteiger partial charge in [-0.3, -0.25) is 9.59 Å². The predicted molar refractivity (Wildman–Crippen MR) is 115 cm³/mol. The fraction of sp³-hybridized carbons (Fsp3) is 0.143. The highest BCUT2D eigenvalue weighted by Gasteiger charge is 2.17. The highest BCUT2D eigenvalue weighted by Crippen LogP contribution is 2.25. The van der Waals surface area contributed by atoms with Crippen LogP contribution in [0, 0.1) is 0 Å². The first-order valence-electron chi connectivity index (χ1n) is 8.61. The van der Waals surface area contributed by atoms with Crippen LogP contribution < -0.4 is 10.6 Å². The van der Waals surface area contributed by atoms with Crippen molar-refractivity contribution in [3.05, 3.63) is 70.9 Å². The van der Waals surface area contributed by atoms with Crippen LogP contribution in [0.25, 0.3) is 11.1 Å². The first-order chi connectivity index (χ1) is 13.6. The lowest BCUT2D eigenvalue weighted by Gasteiger charge is -2.13. The summed E-state index contributed by atoms with van der Waals surface area (Å²) in [4.78, 5) is 25.0. The van der Waals surface area contributed by atoms with Crippen molar-refractivity contribution in [2.24, 2.45) is 0 Å². The van der Waals surface area contributed by atoms with Crippen molar-refractivity contribution in [2.75, 3.05) is 18.1 Å². The summed E-state index contributed by atoms with van der Waals surface area (Å²) in [5.41, 5.74) is 3.45. The number of anilines is 1. The fourth-order valence-corrected chi connectivity index (χ4v) is 3.86. The van der Waals surface area contributed by atoms with E-state index in [1.165, 1.54) is 11.8 Å². The number of rotatable bonds is 6. The van der Waals surface area contributed by atoms with Gasteiger partial charge in [-0.2, -0.15) is 11.3 Å². The Balaban J connectivity index is 1.54. The zero-order valence-electron chi connectivity index (χ0n) is 15.2. The Morgan fingerprint density at radius 3 is 2.46 bits per heavy atom. The average molecular weight is 413 g/mol. The Labute approximate surface area is 171 Å². The van der Waals surface area contributed by atoms with Crippen LogP contribution in [0.1, 0.15) is 11.7 Å². The van der Waals surface area contributed by atoms with Gasteiger partial charge in [0, 0.05) is 11.4 Å². The van der Waals surface area contributed by atoms with Crippen molar-refractivity contribution in [3.63, 3.8) is 0 Å². The molecule has 5 nitrogen and oxygen atoms in total. The van der Waals surface area contributed by atoms with Gasteiger partial charge in [0.15, 0.2) is 0 Å². The van der Waals surface area contributed by atoms with Crippen molar-refractivity contribution in [1.82, 2.24) is 5.32 Å². The van der Waals surface area contributed by atoms with E-state index in [-0.39, 0.29) is 6.54 Å². The smallest absolute Gasteiger partial charge is 0.313 e. The van der Waals surface area contributed by atoms with E-state index in [2.05, 4.69) is 16.0 Å². The maximum Gasteiger partial charge on any atom is 0.313 e. The number of hydrogen-bond acceptors (Lipinski definition) is 5. The van der Waals surface area contributed by atoms with Crippen LogP contribution in [0.2, 0.25) is 0 Å². The summed E-state index contributed by atoms with van der Waals surface area (Å²) in [5.74, 6) is -1.55. The van der Waals surface area contributed by atoms with E-state index in [4.69, 9.17) is 0 Å². The molecule has 0 aliphatic rings. The van der Waals surface area contributed by atoms with E-state index >= 15 is 0 Å². The lowest BCUT2D eigenvalue weighted by Crippen LogP contribution is -2.37. The predicted octanol–water partition coefficient (Wildman–Crippen LogP) is 3.93. The van der Waals surface area contributed by atoms with Crippen LogP contribution in [-0.4, -0.2) is 29.7 Å². The summed E-state index contributed by atoms with van der Waals surface area (Å²) in [6, 6.07) is 16.8. The molecule has 0 aliphatic carbocycles. The third kappa shape index (κ3) is 5.01. The number of thiophene rings is 1. The minimum atomic E-state index is -0.897. The molecular formula is C21H20N2O3S2. The molecule has 0 saturated carbocycles. The Morgan fingerprint density at radius 2 is 1.79 bits per heavy atom. The van der Waals surface area contributed by atoms with E-state index in [0.717, 1.165) is 16.0 Å². The van der Waals surface area contributed by atoms with E-state index in [1.807, 2.05) is 54.1 Å². The second-order valence-electron chi connectivity index (χ2n) is 6.01. The summed E-state index contributed by atoms with van der Waals surface area (Å²) in [6.07, 6.45) is 0.997. The summed E-state index contributed by atoms with van der Waals surface area (Å²) in [7, 11) is 0. The molecule has 1 aromatic heterocycles. The molecule has 144 valence electrons. The lowest BCUT2D eigenvalue weighted by atomic mass is 10.0. The molecule has 0 unspecified atom stereocenters. The van der Waals surface area contributed by atoms with Crippen LogP contribution in [-0.2, 0) is 9.59 Å². The van der Waals surface area contributed by atoms with E-state index in [9.17, 15) is 14.7 Å². The van der Waals surface area contributed by atoms with E-state index in [1.54, 1.807) is 23.5 Å². The molecule has 0 bridgehead atoms. The average Bonchev–Trinajstić information content (AvgIpc) is 3.27. The van der Waals surface area contributed by atoms with Gasteiger partial charge in [-0.15, -0.1) is 11.8 Å². The summed E-state index contributed by atoms with van der Waals surface area (Å²) in [6.45, 7) is -0.0474. The third-order valence-electron chi connectivity index (χ3n) is 4.17. The summed E-state index contributed by atoms with van der Waals surface area (Å²) < 4.78 is 0. The Hall–Kier alpha value is -2.61. The lowest BCUT2D eigenvalue weighted by molar-refractivity contribution is -0.136. The normalized spacial score (nSPS) is 11.6. The SMILES string of the molecule is CSc1ccccc1NC(=O)C(=O)NC[C@@H](O)c1ccc(-c2ccsc2)cc1. The van der Waals surface area contributed by atoms with Crippen molar-refractivity contribution < 1.29 is 14.7 Å². The molecule has 7 heteroatoms. The van der Waals surface area contributed by atoms with Gasteiger partial charge in [0.1, 0.15) is 0 Å². The minimum Gasteiger partial charge on any atom is -0.387 e. The van der Waals surface area contributed by atoms with Gasteiger partial charge in [0.05, 0.1) is 11.8 Å². The number of hydrogen-bond donors (Lipinski definition) is 3. The van der Waals surface area contributed by atoms with Gasteiger partial charge in [-0.05, 0) is 51.9 Å². The second kappa shape index (κ2) is 9.54. The minimum absolute atomic E-state index is 0.0474. The number of aliphatic hydroxyl groups excluding tert-OH is 1. The van der Waals surface area contributed by atoms with Crippen molar-refractivity contribution in [2.45, 2.75) is 11.0 Å². The molecule has 0 fully saturated rings. The number of carbonyl (C=O) groups excluding carboxylic acids is 2. The number of para-hydroxylation sites is 1. The van der Waals surface area contributed by atoms with Gasteiger partial charge in [0.25, 0.3) is 0 Å². The van der Waals surface area contributed by atoms with Gasteiger partial charge in [0.2, 0.25) is 0 Å². The first-order valence-corrected chi connectivity index (χ1v) is 10.8. The molecule has 3 rings (SSSR count). The van der Waals surface area contributed by atoms with Crippen molar-refractivity contribution in [1.29, 1.82) is 0 Å². The second-order valence-corrected chi connectivity index (χ2v) is 7.64. The van der Waals surface area contributed by atoms with Gasteiger partial charge in [-0.25, -0.2) is 0 Å². The van der Waals surface area contributed by atoms with Crippen molar-refractivity contribution >= 4 is 40.6 Å². The molecule has 0 aliphatic heterocycles. The van der Waals surface area contributed by atoms with Crippen LogP contribution in [0.15, 0.2) is 70.3 Å². The molecule has 3 aromatic rings. The third-order valence-corrected chi connectivity index (χ3v) is 5.65. The summed E-state index contributed by atoms with van der Waals surface area (Å²) in [5, 5.41) is 19.4. The highest BCUT2D eigenvalue weighted by molar-refractivity contribution is 7.98. The van der Waals surface area contributed by atoms with Crippen LogP contribution in [0.3, 0.4) is 0 Å². The molecule has 0 saturated heterocycles. The molecule has 1 atom stereocenters. The van der Waals surface area contributed by atoms with Crippen LogP contribution in [0.4, 0.5) is 5.69 Å². The summed E-state index contributed by atoms with van der Waals surface area (Å²) >= 11 is 3.10. The number of thioether (sulfide) groups is 1. The number of carbonyl (C=O) groups is 2. The maximum atomic E-state index is 12.1. The number of amides is 2. The zero-order chi connectivity index (χ0) is 19.9. The fourth-order valence-electron chi connectivity index (χ4n) is 2.64. The monoisotopic (exact) mass is 412 g/mol. The van der Waals surface area contributed by atoms with Gasteiger partial charge in [-0.1, -0.05) is 36.4 Å². The first kappa shape index (κ1) is 20.1. The highest BCUT2D eigenvalue weighted by atomic mass is 32.2. The quantitative estimate of drug-likeness (QED) is 0.423. The molecule has 3 N–H and O–H groups in total. The number of benzene rings is 2. The topological polar surface area (TPSA) is 78.4 Å². The molecule has 2 amide bonds. The number of aliphatic hydroxyl groups is 1. The molecule has 28 heavy (non-hydrogen) atoms. The maximum absolute atomic E-state index is 12.1. The zero-order valence-corrected chi connectivity index (χ0v) is 16.8. The number of nitrogens with one attached hydrogen (secondary N) is 2. The molecular weight excluding hydrogens is 392 g/mol. The van der Waals surface area contributed by atoms with Crippen LogP contribution in [0.5, 0.6) is 0 Å². The van der Waals surface area contributed by atoms with Crippen molar-refractivity contribution in [3.8, 4) is 11.1 Å². The molecule has 1 heterocycles. The van der Waals surface area contributed by atoms with E-state index < -0.39 is 17.9 Å². The van der Waals surface area contributed by atoms with Gasteiger partial charge < -0.3 is 15.7 Å². The standard InChI is InChI=1S/C21H20N2O3S2/c1-27-19-5-3-2-4-17(19)23-21(26)20(25)22-12-18(24)15-8-6-14(7-9-15)16-10-11-28-13-16/h2-11,13,18,24H,12H2,1H3,(H,22,25)(H,23,26)/t18-/m1/s1. The van der Waals surface area contributed by atoms with E-state index in [0.29, 0.717) is 11.3 Å². The molecule has 0 spiro atoms. The Morgan fingerprint density at radius 1 is 1.04 bits per heavy atom. The van der Waals surface area contributed by atoms with Crippen LogP contribution >= 0.6 is 23.1 Å². The largest absolute Gasteiger partial charge is 0.387 e. The Bertz CT molecular complexity index is 941. The molecule has 2 aromatic carbocycles. The Kier molecular flexibility index (Phi) is 6.86.